The average Bonchev–Trinajstić information content (AvgIpc) is 2.40. The van der Waals surface area contributed by atoms with Gasteiger partial charge in [-0.3, -0.25) is 4.90 Å². The molecular formula is C9H20N2. The summed E-state index contributed by atoms with van der Waals surface area (Å²) in [6, 6.07) is 1.49. The number of hydrogen-bond donors (Lipinski definition) is 1. The minimum Gasteiger partial charge on any atom is -0.315 e. The monoisotopic (exact) mass is 156 g/mol. The molecule has 0 amide bonds. The van der Waals surface area contributed by atoms with Gasteiger partial charge >= 0.3 is 0 Å². The summed E-state index contributed by atoms with van der Waals surface area (Å²) >= 11 is 0. The Labute approximate surface area is 70.0 Å². The lowest BCUT2D eigenvalue weighted by Gasteiger charge is -2.30. The molecule has 1 aliphatic rings. The van der Waals surface area contributed by atoms with Crippen molar-refractivity contribution >= 4 is 0 Å². The van der Waals surface area contributed by atoms with Gasteiger partial charge in [-0.1, -0.05) is 6.92 Å². The lowest BCUT2D eigenvalue weighted by atomic mass is 10.2. The van der Waals surface area contributed by atoms with Gasteiger partial charge in [0.2, 0.25) is 0 Å². The van der Waals surface area contributed by atoms with Gasteiger partial charge in [0, 0.05) is 18.6 Å². The molecule has 0 aliphatic carbocycles. The minimum absolute atomic E-state index is 0.699. The fourth-order valence-electron chi connectivity index (χ4n) is 1.97. The van der Waals surface area contributed by atoms with Crippen LogP contribution in [0.15, 0.2) is 0 Å². The molecule has 1 saturated heterocycles. The summed E-state index contributed by atoms with van der Waals surface area (Å²) in [6.07, 6.45) is 1.33. The second kappa shape index (κ2) is 4.07. The number of likely N-dealkylation sites (N-methyl/N-ethyl adjacent to an activating group) is 1. The lowest BCUT2D eigenvalue weighted by molar-refractivity contribution is 0.173. The van der Waals surface area contributed by atoms with E-state index in [-0.39, 0.29) is 0 Å². The van der Waals surface area contributed by atoms with Crippen LogP contribution in [-0.4, -0.2) is 36.6 Å². The summed E-state index contributed by atoms with van der Waals surface area (Å²) in [7, 11) is 0. The maximum absolute atomic E-state index is 3.40. The molecule has 2 nitrogen and oxygen atoms in total. The highest BCUT2D eigenvalue weighted by Crippen LogP contribution is 2.11. The number of hydrogen-bond acceptors (Lipinski definition) is 2. The van der Waals surface area contributed by atoms with Crippen LogP contribution < -0.4 is 5.32 Å². The summed E-state index contributed by atoms with van der Waals surface area (Å²) in [5.41, 5.74) is 0. The normalized spacial score (nSPS) is 25.4. The zero-order valence-electron chi connectivity index (χ0n) is 7.93. The first-order valence-corrected chi connectivity index (χ1v) is 4.72. The summed E-state index contributed by atoms with van der Waals surface area (Å²) in [5, 5.41) is 3.40. The van der Waals surface area contributed by atoms with Crippen molar-refractivity contribution < 1.29 is 0 Å². The molecule has 0 saturated carbocycles. The predicted octanol–water partition coefficient (Wildman–Crippen LogP) is 1.08. The standard InChI is InChI=1S/C9H20N2/c1-4-11(8(2)3)9-5-6-10-7-9/h8-10H,4-7H2,1-3H3. The molecule has 0 radical (unpaired) electrons. The minimum atomic E-state index is 0.699. The van der Waals surface area contributed by atoms with Crippen LogP contribution in [0.2, 0.25) is 0 Å². The van der Waals surface area contributed by atoms with Crippen LogP contribution in [0.3, 0.4) is 0 Å². The van der Waals surface area contributed by atoms with E-state index < -0.39 is 0 Å². The van der Waals surface area contributed by atoms with Crippen molar-refractivity contribution in [3.63, 3.8) is 0 Å². The van der Waals surface area contributed by atoms with E-state index in [2.05, 4.69) is 31.0 Å². The Balaban J connectivity index is 2.40. The second-order valence-corrected chi connectivity index (χ2v) is 3.57. The van der Waals surface area contributed by atoms with Gasteiger partial charge < -0.3 is 5.32 Å². The Kier molecular flexibility index (Phi) is 3.34. The van der Waals surface area contributed by atoms with Crippen molar-refractivity contribution in [2.45, 2.75) is 39.3 Å². The van der Waals surface area contributed by atoms with E-state index in [1.165, 1.54) is 26.1 Å². The van der Waals surface area contributed by atoms with Gasteiger partial charge in [0.15, 0.2) is 0 Å². The molecule has 1 N–H and O–H groups in total. The van der Waals surface area contributed by atoms with Crippen LogP contribution in [0.4, 0.5) is 0 Å². The van der Waals surface area contributed by atoms with Crippen molar-refractivity contribution in [1.29, 1.82) is 0 Å². The Hall–Kier alpha value is -0.0800. The Morgan fingerprint density at radius 3 is 2.64 bits per heavy atom. The molecule has 0 bridgehead atoms. The molecule has 0 aromatic heterocycles. The fourth-order valence-corrected chi connectivity index (χ4v) is 1.97. The predicted molar refractivity (Wildman–Crippen MR) is 48.8 cm³/mol. The molecule has 1 fully saturated rings. The van der Waals surface area contributed by atoms with Crippen LogP contribution in [-0.2, 0) is 0 Å². The maximum Gasteiger partial charge on any atom is 0.0235 e. The highest BCUT2D eigenvalue weighted by molar-refractivity contribution is 4.81. The topological polar surface area (TPSA) is 15.3 Å². The molecule has 1 atom stereocenters. The zero-order chi connectivity index (χ0) is 8.27. The number of nitrogens with one attached hydrogen (secondary N) is 1. The van der Waals surface area contributed by atoms with Crippen molar-refractivity contribution in [3.8, 4) is 0 Å². The van der Waals surface area contributed by atoms with Gasteiger partial charge in [0.25, 0.3) is 0 Å². The Morgan fingerprint density at radius 2 is 2.27 bits per heavy atom. The Bertz CT molecular complexity index is 106. The third-order valence-corrected chi connectivity index (χ3v) is 2.53. The van der Waals surface area contributed by atoms with Gasteiger partial charge in [-0.2, -0.15) is 0 Å². The molecule has 0 aromatic carbocycles. The van der Waals surface area contributed by atoms with Gasteiger partial charge in [-0.05, 0) is 33.4 Å². The summed E-state index contributed by atoms with van der Waals surface area (Å²) < 4.78 is 0. The van der Waals surface area contributed by atoms with Crippen molar-refractivity contribution in [1.82, 2.24) is 10.2 Å². The van der Waals surface area contributed by atoms with Crippen LogP contribution in [0.5, 0.6) is 0 Å². The highest BCUT2D eigenvalue weighted by atomic mass is 15.2. The molecular weight excluding hydrogens is 136 g/mol. The largest absolute Gasteiger partial charge is 0.315 e. The molecule has 1 rings (SSSR count). The number of rotatable bonds is 3. The van der Waals surface area contributed by atoms with Crippen LogP contribution in [0.25, 0.3) is 0 Å². The van der Waals surface area contributed by atoms with E-state index in [4.69, 9.17) is 0 Å². The lowest BCUT2D eigenvalue weighted by Crippen LogP contribution is -2.41. The molecule has 66 valence electrons. The molecule has 0 aromatic rings. The van der Waals surface area contributed by atoms with Gasteiger partial charge in [0.05, 0.1) is 0 Å². The Morgan fingerprint density at radius 1 is 1.55 bits per heavy atom. The van der Waals surface area contributed by atoms with E-state index in [1.54, 1.807) is 0 Å². The number of nitrogens with zero attached hydrogens (tertiary/aromatic N) is 1. The summed E-state index contributed by atoms with van der Waals surface area (Å²) in [6.45, 7) is 10.4. The van der Waals surface area contributed by atoms with Crippen LogP contribution >= 0.6 is 0 Å². The summed E-state index contributed by atoms with van der Waals surface area (Å²) in [4.78, 5) is 2.57. The quantitative estimate of drug-likeness (QED) is 0.658. The maximum atomic E-state index is 3.40. The third kappa shape index (κ3) is 2.17. The van der Waals surface area contributed by atoms with Gasteiger partial charge in [-0.25, -0.2) is 0 Å². The first-order chi connectivity index (χ1) is 5.25. The SMILES string of the molecule is CCN(C(C)C)C1CCNC1. The molecule has 0 spiro atoms. The van der Waals surface area contributed by atoms with E-state index in [9.17, 15) is 0 Å². The molecule has 1 aliphatic heterocycles. The average molecular weight is 156 g/mol. The summed E-state index contributed by atoms with van der Waals surface area (Å²) in [5.74, 6) is 0. The molecule has 2 heteroatoms. The van der Waals surface area contributed by atoms with Crippen molar-refractivity contribution in [2.24, 2.45) is 0 Å². The van der Waals surface area contributed by atoms with E-state index in [1.807, 2.05) is 0 Å². The van der Waals surface area contributed by atoms with Gasteiger partial charge in [-0.15, -0.1) is 0 Å². The smallest absolute Gasteiger partial charge is 0.0235 e. The first kappa shape index (κ1) is 9.01. The van der Waals surface area contributed by atoms with Crippen molar-refractivity contribution in [3.05, 3.63) is 0 Å². The second-order valence-electron chi connectivity index (χ2n) is 3.57. The molecule has 1 heterocycles. The van der Waals surface area contributed by atoms with E-state index >= 15 is 0 Å². The van der Waals surface area contributed by atoms with E-state index in [0.29, 0.717) is 6.04 Å². The zero-order valence-corrected chi connectivity index (χ0v) is 7.93. The van der Waals surface area contributed by atoms with Crippen LogP contribution in [0.1, 0.15) is 27.2 Å². The molecule has 1 unspecified atom stereocenters. The molecule has 11 heavy (non-hydrogen) atoms. The van der Waals surface area contributed by atoms with E-state index in [0.717, 1.165) is 6.04 Å². The first-order valence-electron chi connectivity index (χ1n) is 4.72. The van der Waals surface area contributed by atoms with Crippen LogP contribution in [0, 0.1) is 0 Å². The third-order valence-electron chi connectivity index (χ3n) is 2.53. The van der Waals surface area contributed by atoms with Gasteiger partial charge in [0.1, 0.15) is 0 Å². The highest BCUT2D eigenvalue weighted by Gasteiger charge is 2.22. The fraction of sp³-hybridized carbons (Fsp3) is 1.00. The van der Waals surface area contributed by atoms with Crippen molar-refractivity contribution in [2.75, 3.05) is 19.6 Å².